The van der Waals surface area contributed by atoms with E-state index in [2.05, 4.69) is 27.8 Å². The summed E-state index contributed by atoms with van der Waals surface area (Å²) in [5.41, 5.74) is 5.30. The normalized spacial score (nSPS) is 13.7. The number of nitrogens with one attached hydrogen (secondary N) is 3. The Morgan fingerprint density at radius 2 is 1.79 bits per heavy atom. The molecule has 1 saturated heterocycles. The van der Waals surface area contributed by atoms with Crippen LogP contribution in [0.2, 0.25) is 0 Å². The van der Waals surface area contributed by atoms with Gasteiger partial charge in [0, 0.05) is 61.5 Å². The van der Waals surface area contributed by atoms with Crippen LogP contribution in [0.1, 0.15) is 43.5 Å². The second kappa shape index (κ2) is 10.1. The number of allylic oxidation sites excluding steroid dienone is 1. The first-order valence-electron chi connectivity index (χ1n) is 11.1. The van der Waals surface area contributed by atoms with Gasteiger partial charge in [-0.3, -0.25) is 14.6 Å². The van der Waals surface area contributed by atoms with Crippen LogP contribution in [0.15, 0.2) is 73.1 Å². The van der Waals surface area contributed by atoms with E-state index in [1.807, 2.05) is 37.1 Å². The molecule has 0 unspecified atom stereocenters. The molecule has 2 aromatic carbocycles. The maximum atomic E-state index is 13.0. The van der Waals surface area contributed by atoms with Gasteiger partial charge < -0.3 is 20.9 Å². The summed E-state index contributed by atoms with van der Waals surface area (Å²) in [6.07, 6.45) is 4.69. The first-order valence-corrected chi connectivity index (χ1v) is 11.1. The minimum atomic E-state index is -0.309. The average Bonchev–Trinajstić information content (AvgIpc) is 2.84. The Bertz CT molecular complexity index is 1230. The number of pyridine rings is 1. The predicted molar refractivity (Wildman–Crippen MR) is 134 cm³/mol. The third kappa shape index (κ3) is 4.88. The molecule has 3 N–H and O–H groups in total. The van der Waals surface area contributed by atoms with E-state index in [1.165, 1.54) is 11.8 Å². The molecule has 0 aliphatic carbocycles. The predicted octanol–water partition coefficient (Wildman–Crippen LogP) is 4.09. The van der Waals surface area contributed by atoms with E-state index in [1.54, 1.807) is 42.7 Å². The Kier molecular flexibility index (Phi) is 6.82. The van der Waals surface area contributed by atoms with Gasteiger partial charge in [-0.05, 0) is 47.9 Å². The maximum Gasteiger partial charge on any atom is 0.274 e. The van der Waals surface area contributed by atoms with Crippen molar-refractivity contribution in [3.63, 3.8) is 0 Å². The molecular weight excluding hydrogens is 426 g/mol. The van der Waals surface area contributed by atoms with Gasteiger partial charge in [0.2, 0.25) is 0 Å². The van der Waals surface area contributed by atoms with Crippen LogP contribution in [0, 0.1) is 12.3 Å². The van der Waals surface area contributed by atoms with Crippen molar-refractivity contribution in [1.29, 1.82) is 5.41 Å². The SMILES string of the molecule is CN/C=C(\C=N)c1ccc(C2CN(C(=O)c3ccc(C)c(NC(=O)c4ccccn4)c3)C2)cc1. The number of nitrogens with zero attached hydrogens (tertiary/aromatic N) is 2. The van der Waals surface area contributed by atoms with Crippen LogP contribution >= 0.6 is 0 Å². The van der Waals surface area contributed by atoms with Crippen molar-refractivity contribution in [2.45, 2.75) is 12.8 Å². The quantitative estimate of drug-likeness (QED) is 0.469. The van der Waals surface area contributed by atoms with Crippen LogP contribution < -0.4 is 10.6 Å². The topological polar surface area (TPSA) is 98.2 Å². The average molecular weight is 454 g/mol. The molecule has 0 saturated carbocycles. The number of benzene rings is 2. The summed E-state index contributed by atoms with van der Waals surface area (Å²) in [6, 6.07) is 18.7. The number of anilines is 1. The number of carbonyl (C=O) groups is 2. The lowest BCUT2D eigenvalue weighted by atomic mass is 9.89. The first-order chi connectivity index (χ1) is 16.5. The van der Waals surface area contributed by atoms with Gasteiger partial charge >= 0.3 is 0 Å². The third-order valence-electron chi connectivity index (χ3n) is 5.97. The zero-order valence-corrected chi connectivity index (χ0v) is 19.2. The lowest BCUT2D eigenvalue weighted by Crippen LogP contribution is -2.48. The van der Waals surface area contributed by atoms with Gasteiger partial charge in [-0.25, -0.2) is 0 Å². The Hall–Kier alpha value is -4.26. The smallest absolute Gasteiger partial charge is 0.274 e. The molecular formula is C27H27N5O2. The van der Waals surface area contributed by atoms with E-state index in [0.29, 0.717) is 30.0 Å². The Balaban J connectivity index is 1.40. The molecule has 1 aliphatic rings. The molecule has 1 aromatic heterocycles. The molecule has 0 spiro atoms. The Morgan fingerprint density at radius 3 is 2.44 bits per heavy atom. The van der Waals surface area contributed by atoms with Gasteiger partial charge in [-0.15, -0.1) is 0 Å². The number of likely N-dealkylation sites (tertiary alicyclic amines) is 1. The van der Waals surface area contributed by atoms with Gasteiger partial charge in [-0.1, -0.05) is 36.4 Å². The van der Waals surface area contributed by atoms with E-state index in [4.69, 9.17) is 5.41 Å². The highest BCUT2D eigenvalue weighted by molar-refractivity contribution is 6.08. The summed E-state index contributed by atoms with van der Waals surface area (Å²) in [4.78, 5) is 31.4. The summed E-state index contributed by atoms with van der Waals surface area (Å²) in [5, 5.41) is 13.4. The van der Waals surface area contributed by atoms with E-state index in [0.717, 1.165) is 16.7 Å². The summed E-state index contributed by atoms with van der Waals surface area (Å²) < 4.78 is 0. The number of amides is 2. The fraction of sp³-hybridized carbons (Fsp3) is 0.185. The number of aryl methyl sites for hydroxylation is 1. The molecule has 34 heavy (non-hydrogen) atoms. The molecule has 7 heteroatoms. The number of carbonyl (C=O) groups excluding carboxylic acids is 2. The molecule has 0 atom stereocenters. The van der Waals surface area contributed by atoms with E-state index < -0.39 is 0 Å². The molecule has 1 fully saturated rings. The van der Waals surface area contributed by atoms with Crippen molar-refractivity contribution in [2.24, 2.45) is 0 Å². The first kappa shape index (κ1) is 22.9. The van der Waals surface area contributed by atoms with Crippen molar-refractivity contribution in [3.8, 4) is 0 Å². The molecule has 172 valence electrons. The van der Waals surface area contributed by atoms with Gasteiger partial charge in [-0.2, -0.15) is 0 Å². The zero-order valence-electron chi connectivity index (χ0n) is 19.2. The van der Waals surface area contributed by atoms with Crippen LogP contribution in [0.5, 0.6) is 0 Å². The fourth-order valence-electron chi connectivity index (χ4n) is 3.92. The Morgan fingerprint density at radius 1 is 1.06 bits per heavy atom. The summed E-state index contributed by atoms with van der Waals surface area (Å²) in [6.45, 7) is 3.18. The molecule has 0 bridgehead atoms. The minimum absolute atomic E-state index is 0.0516. The summed E-state index contributed by atoms with van der Waals surface area (Å²) >= 11 is 0. The molecule has 2 heterocycles. The zero-order chi connectivity index (χ0) is 24.1. The second-order valence-electron chi connectivity index (χ2n) is 8.26. The highest BCUT2D eigenvalue weighted by Crippen LogP contribution is 2.30. The van der Waals surface area contributed by atoms with Gasteiger partial charge in [0.05, 0.1) is 0 Å². The van der Waals surface area contributed by atoms with Crippen LogP contribution in [0.3, 0.4) is 0 Å². The van der Waals surface area contributed by atoms with E-state index >= 15 is 0 Å². The van der Waals surface area contributed by atoms with Crippen molar-refractivity contribution >= 4 is 29.3 Å². The number of hydrogen-bond acceptors (Lipinski definition) is 5. The van der Waals surface area contributed by atoms with Crippen LogP contribution in [-0.4, -0.2) is 48.1 Å². The van der Waals surface area contributed by atoms with Crippen LogP contribution in [0.4, 0.5) is 5.69 Å². The molecule has 2 amide bonds. The van der Waals surface area contributed by atoms with Gasteiger partial charge in [0.25, 0.3) is 11.8 Å². The standard InChI is InChI=1S/C27H27N5O2/c1-18-6-7-21(13-25(18)31-26(33)24-5-3-4-12-30-24)27(34)32-16-23(17-32)20-10-8-19(9-11-20)22(14-28)15-29-2/h3-15,23,28-29H,16-17H2,1-2H3,(H,31,33)/b22-15+,28-14?. The summed E-state index contributed by atoms with van der Waals surface area (Å²) in [7, 11) is 1.81. The van der Waals surface area contributed by atoms with Crippen LogP contribution in [0.25, 0.3) is 5.57 Å². The second-order valence-corrected chi connectivity index (χ2v) is 8.26. The summed E-state index contributed by atoms with van der Waals surface area (Å²) in [5.74, 6) is -0.0794. The molecule has 4 rings (SSSR count). The van der Waals surface area contributed by atoms with Crippen LogP contribution in [-0.2, 0) is 0 Å². The largest absolute Gasteiger partial charge is 0.393 e. The monoisotopic (exact) mass is 453 g/mol. The van der Waals surface area contributed by atoms with Crippen molar-refractivity contribution in [3.05, 3.63) is 101 Å². The lowest BCUT2D eigenvalue weighted by Gasteiger charge is -2.39. The number of rotatable bonds is 7. The molecule has 1 aliphatic heterocycles. The number of hydrogen-bond donors (Lipinski definition) is 3. The van der Waals surface area contributed by atoms with E-state index in [-0.39, 0.29) is 17.7 Å². The van der Waals surface area contributed by atoms with E-state index in [9.17, 15) is 9.59 Å². The molecule has 7 nitrogen and oxygen atoms in total. The molecule has 3 aromatic rings. The highest BCUT2D eigenvalue weighted by atomic mass is 16.2. The fourth-order valence-corrected chi connectivity index (χ4v) is 3.92. The third-order valence-corrected chi connectivity index (χ3v) is 5.97. The Labute approximate surface area is 199 Å². The maximum absolute atomic E-state index is 13.0. The lowest BCUT2D eigenvalue weighted by molar-refractivity contribution is 0.0602. The molecule has 0 radical (unpaired) electrons. The van der Waals surface area contributed by atoms with Crippen molar-refractivity contribution in [2.75, 3.05) is 25.5 Å². The highest BCUT2D eigenvalue weighted by Gasteiger charge is 2.32. The number of aromatic nitrogens is 1. The van der Waals surface area contributed by atoms with Gasteiger partial charge in [0.15, 0.2) is 0 Å². The van der Waals surface area contributed by atoms with Gasteiger partial charge in [0.1, 0.15) is 5.69 Å². The minimum Gasteiger partial charge on any atom is -0.393 e. The van der Waals surface area contributed by atoms with Crippen molar-refractivity contribution < 1.29 is 9.59 Å². The van der Waals surface area contributed by atoms with Crippen molar-refractivity contribution in [1.82, 2.24) is 15.2 Å².